The van der Waals surface area contributed by atoms with E-state index in [-0.39, 0.29) is 5.57 Å². The van der Waals surface area contributed by atoms with Crippen molar-refractivity contribution in [2.24, 2.45) is 0 Å². The van der Waals surface area contributed by atoms with Crippen molar-refractivity contribution in [2.45, 2.75) is 13.3 Å². The zero-order chi connectivity index (χ0) is 16.5. The molecule has 0 atom stereocenters. The van der Waals surface area contributed by atoms with E-state index in [1.54, 1.807) is 6.92 Å². The van der Waals surface area contributed by atoms with Crippen LogP contribution in [0.1, 0.15) is 13.3 Å². The highest BCUT2D eigenvalue weighted by atomic mass is 32.3. The number of nitrogens with one attached hydrogen (secondary N) is 2. The van der Waals surface area contributed by atoms with E-state index in [0.717, 1.165) is 7.11 Å². The first-order valence-corrected chi connectivity index (χ1v) is 6.55. The van der Waals surface area contributed by atoms with Crippen LogP contribution < -0.4 is 10.6 Å². The highest BCUT2D eigenvalue weighted by Gasteiger charge is 1.96. The van der Waals surface area contributed by atoms with Gasteiger partial charge in [-0.15, -0.1) is 0 Å². The fourth-order valence-corrected chi connectivity index (χ4v) is 0.151. The molecule has 0 aromatic carbocycles. The molecule has 0 amide bonds. The fraction of sp³-hybridized carbons (Fsp3) is 0.700. The van der Waals surface area contributed by atoms with E-state index in [1.807, 2.05) is 28.2 Å². The lowest BCUT2D eigenvalue weighted by Crippen LogP contribution is -1.96. The smallest absolute Gasteiger partial charge is 0.397 e. The molecule has 0 saturated heterocycles. The molecule has 0 fully saturated rings. The van der Waals surface area contributed by atoms with E-state index in [0.29, 0.717) is 6.42 Å². The Morgan fingerprint density at radius 2 is 1.42 bits per heavy atom. The maximum absolute atomic E-state index is 9.83. The third-order valence-electron chi connectivity index (χ3n) is 0.940. The normalized spacial score (nSPS) is 8.58. The second kappa shape index (κ2) is 19.3. The molecule has 19 heavy (non-hydrogen) atoms. The number of hydrogen-bond acceptors (Lipinski definition) is 6. The minimum atomic E-state index is -4.16. The van der Waals surface area contributed by atoms with E-state index in [2.05, 4.69) is 21.4 Å². The van der Waals surface area contributed by atoms with Gasteiger partial charge in [-0.05, 0) is 34.6 Å². The van der Waals surface area contributed by atoms with Gasteiger partial charge in [0.2, 0.25) is 0 Å². The first-order chi connectivity index (χ1) is 8.57. The van der Waals surface area contributed by atoms with Crippen LogP contribution in [0.5, 0.6) is 0 Å². The van der Waals surface area contributed by atoms with Crippen LogP contribution in [0.4, 0.5) is 0 Å². The standard InChI is InChI=1S/C5H8O2.2C2H7N.CH4O4S/c1-3-4(2)5(6)7;2*1-3-2;1-5-6(2,3)4/h2-3H2,1H3,(H,6,7);2*3H,1-2H3;1H3,(H,2,3,4). The van der Waals surface area contributed by atoms with Gasteiger partial charge in [-0.1, -0.05) is 13.5 Å². The molecule has 0 radical (unpaired) electrons. The molecule has 0 aliphatic heterocycles. The Morgan fingerprint density at radius 1 is 1.21 bits per heavy atom. The average molecular weight is 302 g/mol. The second-order valence-corrected chi connectivity index (χ2v) is 4.05. The lowest BCUT2D eigenvalue weighted by molar-refractivity contribution is -0.132. The largest absolute Gasteiger partial charge is 0.478 e. The van der Waals surface area contributed by atoms with Crippen molar-refractivity contribution in [3.8, 4) is 0 Å². The third-order valence-corrected chi connectivity index (χ3v) is 1.36. The zero-order valence-electron chi connectivity index (χ0n) is 12.3. The van der Waals surface area contributed by atoms with Crippen molar-refractivity contribution in [1.82, 2.24) is 10.6 Å². The molecule has 0 heterocycles. The Morgan fingerprint density at radius 3 is 1.42 bits per heavy atom. The molecule has 0 aliphatic carbocycles. The monoisotopic (exact) mass is 302 g/mol. The molecule has 0 aliphatic rings. The van der Waals surface area contributed by atoms with Gasteiger partial charge in [-0.2, -0.15) is 8.42 Å². The van der Waals surface area contributed by atoms with Gasteiger partial charge in [-0.25, -0.2) is 4.79 Å². The molecule has 4 N–H and O–H groups in total. The summed E-state index contributed by atoms with van der Waals surface area (Å²) in [6, 6.07) is 0. The van der Waals surface area contributed by atoms with E-state index < -0.39 is 16.4 Å². The Hall–Kier alpha value is -1.00. The summed E-state index contributed by atoms with van der Waals surface area (Å²) in [5.74, 6) is -0.900. The molecule has 0 rings (SSSR count). The van der Waals surface area contributed by atoms with Gasteiger partial charge in [0.05, 0.1) is 7.11 Å². The quantitative estimate of drug-likeness (QED) is 0.429. The summed E-state index contributed by atoms with van der Waals surface area (Å²) < 4.78 is 29.7. The van der Waals surface area contributed by atoms with E-state index in [1.165, 1.54) is 0 Å². The molecule has 0 aromatic rings. The van der Waals surface area contributed by atoms with E-state index in [9.17, 15) is 13.2 Å². The van der Waals surface area contributed by atoms with Gasteiger partial charge in [0.1, 0.15) is 0 Å². The molecular formula is C10H26N2O6S. The number of carboxylic acid groups (broad SMARTS) is 1. The van der Waals surface area contributed by atoms with Crippen LogP contribution in [-0.4, -0.2) is 59.3 Å². The number of rotatable bonds is 3. The summed E-state index contributed by atoms with van der Waals surface area (Å²) in [5, 5.41) is 13.6. The maximum atomic E-state index is 9.83. The van der Waals surface area contributed by atoms with Crippen LogP contribution in [0, 0.1) is 0 Å². The first kappa shape index (κ1) is 26.5. The average Bonchev–Trinajstić information content (AvgIpc) is 2.30. The van der Waals surface area contributed by atoms with Crippen molar-refractivity contribution >= 4 is 16.4 Å². The van der Waals surface area contributed by atoms with Crippen molar-refractivity contribution in [1.29, 1.82) is 0 Å². The number of aliphatic carboxylic acids is 1. The Kier molecular flexibility index (Phi) is 27.0. The van der Waals surface area contributed by atoms with Crippen LogP contribution in [0.25, 0.3) is 0 Å². The zero-order valence-corrected chi connectivity index (χ0v) is 13.2. The summed E-state index contributed by atoms with van der Waals surface area (Å²) in [5.41, 5.74) is 0.264. The number of carboxylic acids is 1. The number of carbonyl (C=O) groups is 1. The Balaban J connectivity index is -0.0000000851. The van der Waals surface area contributed by atoms with Gasteiger partial charge in [-0.3, -0.25) is 8.74 Å². The minimum absolute atomic E-state index is 0.264. The Labute approximate surface area is 115 Å². The van der Waals surface area contributed by atoms with Crippen molar-refractivity contribution in [3.63, 3.8) is 0 Å². The van der Waals surface area contributed by atoms with Crippen molar-refractivity contribution in [3.05, 3.63) is 12.2 Å². The summed E-state index contributed by atoms with van der Waals surface area (Å²) in [6.45, 7) is 5.03. The van der Waals surface area contributed by atoms with E-state index in [4.69, 9.17) is 9.66 Å². The number of hydrogen-bond donors (Lipinski definition) is 4. The fourth-order valence-electron chi connectivity index (χ4n) is 0.151. The molecular weight excluding hydrogens is 276 g/mol. The lowest BCUT2D eigenvalue weighted by atomic mass is 10.2. The molecule has 0 saturated carbocycles. The highest BCUT2D eigenvalue weighted by molar-refractivity contribution is 7.80. The predicted octanol–water partition coefficient (Wildman–Crippen LogP) is 0.144. The molecule has 0 aromatic heterocycles. The first-order valence-electron chi connectivity index (χ1n) is 5.18. The van der Waals surface area contributed by atoms with Crippen LogP contribution in [0.15, 0.2) is 12.2 Å². The van der Waals surface area contributed by atoms with Crippen LogP contribution >= 0.6 is 0 Å². The molecule has 0 bridgehead atoms. The summed E-state index contributed by atoms with van der Waals surface area (Å²) in [4.78, 5) is 9.83. The lowest BCUT2D eigenvalue weighted by Gasteiger charge is -1.87. The second-order valence-electron chi connectivity index (χ2n) is 2.86. The Bertz CT molecular complexity index is 301. The summed E-state index contributed by atoms with van der Waals surface area (Å²) in [7, 11) is 4.21. The summed E-state index contributed by atoms with van der Waals surface area (Å²) >= 11 is 0. The third kappa shape index (κ3) is 59.8. The predicted molar refractivity (Wildman–Crippen MR) is 75.6 cm³/mol. The maximum Gasteiger partial charge on any atom is 0.397 e. The van der Waals surface area contributed by atoms with Crippen molar-refractivity contribution < 1.29 is 27.1 Å². The van der Waals surface area contributed by atoms with E-state index >= 15 is 0 Å². The SMILES string of the molecule is C=C(CC)C(=O)O.CNC.CNC.COS(=O)(=O)O. The molecule has 118 valence electrons. The van der Waals surface area contributed by atoms with Gasteiger partial charge in [0.25, 0.3) is 0 Å². The molecule has 8 nitrogen and oxygen atoms in total. The molecule has 0 spiro atoms. The van der Waals surface area contributed by atoms with Gasteiger partial charge in [0, 0.05) is 5.57 Å². The van der Waals surface area contributed by atoms with Crippen LogP contribution in [-0.2, 0) is 19.4 Å². The molecule has 9 heteroatoms. The highest BCUT2D eigenvalue weighted by Crippen LogP contribution is 1.93. The van der Waals surface area contributed by atoms with Gasteiger partial charge < -0.3 is 15.7 Å². The molecule has 0 unspecified atom stereocenters. The van der Waals surface area contributed by atoms with Crippen molar-refractivity contribution in [2.75, 3.05) is 35.3 Å². The van der Waals surface area contributed by atoms with Crippen LogP contribution in [0.3, 0.4) is 0 Å². The summed E-state index contributed by atoms with van der Waals surface area (Å²) in [6.07, 6.45) is 0.523. The topological polar surface area (TPSA) is 125 Å². The van der Waals surface area contributed by atoms with Gasteiger partial charge >= 0.3 is 16.4 Å². The van der Waals surface area contributed by atoms with Gasteiger partial charge in [0.15, 0.2) is 0 Å². The minimum Gasteiger partial charge on any atom is -0.478 e. The van der Waals surface area contributed by atoms with Crippen LogP contribution in [0.2, 0.25) is 0 Å².